The number of Topliss-reactive ketones (excluding diaryl/α,β-unsaturated/α-hetero) is 1. The fourth-order valence-corrected chi connectivity index (χ4v) is 5.12. The first-order valence-corrected chi connectivity index (χ1v) is 12.2. The third kappa shape index (κ3) is 3.81. The van der Waals surface area contributed by atoms with Gasteiger partial charge < -0.3 is 28.7 Å². The van der Waals surface area contributed by atoms with Crippen molar-refractivity contribution < 1.29 is 23.7 Å². The predicted molar refractivity (Wildman–Crippen MR) is 140 cm³/mol. The molecule has 37 heavy (non-hydrogen) atoms. The highest BCUT2D eigenvalue weighted by Gasteiger charge is 2.40. The van der Waals surface area contributed by atoms with Gasteiger partial charge in [0, 0.05) is 29.8 Å². The summed E-state index contributed by atoms with van der Waals surface area (Å²) in [4.78, 5) is 23.0. The summed E-state index contributed by atoms with van der Waals surface area (Å²) in [6.07, 6.45) is 1.83. The Labute approximate surface area is 215 Å². The summed E-state index contributed by atoms with van der Waals surface area (Å²) in [6, 6.07) is 15.3. The van der Waals surface area contributed by atoms with Gasteiger partial charge in [0.2, 0.25) is 5.78 Å². The Bertz CT molecular complexity index is 1420. The number of ether oxygens (including phenoxy) is 4. The number of carbonyl (C=O) groups excluding carboxylic acids is 1. The van der Waals surface area contributed by atoms with Gasteiger partial charge in [0.15, 0.2) is 5.76 Å². The number of hydrogen-bond donors (Lipinski definition) is 0. The molecule has 0 unspecified atom stereocenters. The van der Waals surface area contributed by atoms with Crippen molar-refractivity contribution in [2.75, 3.05) is 50.3 Å². The van der Waals surface area contributed by atoms with Crippen molar-refractivity contribution in [3.05, 3.63) is 89.5 Å². The lowest BCUT2D eigenvalue weighted by Gasteiger charge is -2.33. The van der Waals surface area contributed by atoms with E-state index in [1.165, 1.54) is 0 Å². The summed E-state index contributed by atoms with van der Waals surface area (Å²) in [5.41, 5.74) is 3.95. The van der Waals surface area contributed by atoms with Gasteiger partial charge >= 0.3 is 0 Å². The molecule has 6 rings (SSSR count). The normalized spacial score (nSPS) is 16.9. The Hall–Kier alpha value is -4.30. The zero-order chi connectivity index (χ0) is 25.5. The molecule has 1 fully saturated rings. The monoisotopic (exact) mass is 497 g/mol. The van der Waals surface area contributed by atoms with Gasteiger partial charge in [-0.05, 0) is 30.3 Å². The smallest absolute Gasteiger partial charge is 0.234 e. The molecule has 0 amide bonds. The van der Waals surface area contributed by atoms with Crippen molar-refractivity contribution in [2.45, 2.75) is 6.54 Å². The van der Waals surface area contributed by atoms with Gasteiger partial charge in [0.05, 0.1) is 57.1 Å². The Morgan fingerprint density at radius 3 is 2.38 bits per heavy atom. The number of morpholine rings is 1. The molecule has 1 saturated heterocycles. The first-order valence-electron chi connectivity index (χ1n) is 12.2. The van der Waals surface area contributed by atoms with E-state index in [1.54, 1.807) is 26.4 Å². The topological polar surface area (TPSA) is 73.4 Å². The van der Waals surface area contributed by atoms with E-state index < -0.39 is 0 Å². The second-order valence-corrected chi connectivity index (χ2v) is 8.98. The minimum absolute atomic E-state index is 0.200. The number of ketones is 1. The molecular weight excluding hydrogens is 470 g/mol. The van der Waals surface area contributed by atoms with Crippen LogP contribution in [0, 0.1) is 0 Å². The van der Waals surface area contributed by atoms with Crippen molar-refractivity contribution in [3.8, 4) is 17.2 Å². The molecule has 8 nitrogen and oxygen atoms in total. The molecule has 2 aliphatic heterocycles. The van der Waals surface area contributed by atoms with Gasteiger partial charge in [-0.2, -0.15) is 0 Å². The summed E-state index contributed by atoms with van der Waals surface area (Å²) in [5.74, 6) is 2.42. The molecule has 1 aliphatic carbocycles. The molecule has 0 radical (unpaired) electrons. The lowest BCUT2D eigenvalue weighted by Crippen LogP contribution is -2.36. The lowest BCUT2D eigenvalue weighted by molar-refractivity contribution is 0.0979. The summed E-state index contributed by atoms with van der Waals surface area (Å²) in [6.45, 7) is 7.87. The summed E-state index contributed by atoms with van der Waals surface area (Å²) >= 11 is 0. The molecular formula is C29H27N3O5. The number of rotatable bonds is 4. The third-order valence-corrected chi connectivity index (χ3v) is 6.97. The van der Waals surface area contributed by atoms with E-state index in [9.17, 15) is 4.79 Å². The quantitative estimate of drug-likeness (QED) is 0.523. The number of aromatic nitrogens is 1. The summed E-state index contributed by atoms with van der Waals surface area (Å²) in [5, 5.41) is 0. The number of hydrogen-bond acceptors (Lipinski definition) is 8. The van der Waals surface area contributed by atoms with Gasteiger partial charge in [-0.25, -0.2) is 4.98 Å². The highest BCUT2D eigenvalue weighted by atomic mass is 16.5. The largest absolute Gasteiger partial charge is 0.496 e. The van der Waals surface area contributed by atoms with E-state index >= 15 is 0 Å². The van der Waals surface area contributed by atoms with E-state index in [4.69, 9.17) is 23.9 Å². The van der Waals surface area contributed by atoms with E-state index in [-0.39, 0.29) is 11.5 Å². The first kappa shape index (κ1) is 23.1. The van der Waals surface area contributed by atoms with Crippen molar-refractivity contribution in [1.29, 1.82) is 0 Å². The zero-order valence-electron chi connectivity index (χ0n) is 20.8. The van der Waals surface area contributed by atoms with Crippen LogP contribution in [0.15, 0.2) is 72.8 Å². The molecule has 0 saturated carbocycles. The van der Waals surface area contributed by atoms with Crippen LogP contribution >= 0.6 is 0 Å². The van der Waals surface area contributed by atoms with E-state index in [0.717, 1.165) is 30.2 Å². The number of methoxy groups -OCH3 is 2. The number of benzene rings is 2. The SMILES string of the molecule is C=C1C2=C(Oc3ccccc3CN2c2ccc(N3CCOCC3)nc2)C(=O)c2c(OC)ccc(OC)c21. The van der Waals surface area contributed by atoms with Crippen molar-refractivity contribution in [3.63, 3.8) is 0 Å². The van der Waals surface area contributed by atoms with Gasteiger partial charge in [-0.1, -0.05) is 24.8 Å². The van der Waals surface area contributed by atoms with Gasteiger partial charge in [0.1, 0.15) is 23.1 Å². The Kier molecular flexibility index (Phi) is 5.81. The number of para-hydroxylation sites is 1. The van der Waals surface area contributed by atoms with E-state index in [0.29, 0.717) is 59.4 Å². The fourth-order valence-electron chi connectivity index (χ4n) is 5.12. The molecule has 3 aromatic rings. The molecule has 3 aliphatic rings. The molecule has 8 heteroatoms. The fraction of sp³-hybridized carbons (Fsp3) is 0.241. The number of anilines is 2. The molecule has 188 valence electrons. The maximum Gasteiger partial charge on any atom is 0.234 e. The summed E-state index contributed by atoms with van der Waals surface area (Å²) < 4.78 is 23.0. The van der Waals surface area contributed by atoms with Crippen LogP contribution in [0.25, 0.3) is 5.57 Å². The Morgan fingerprint density at radius 1 is 0.946 bits per heavy atom. The lowest BCUT2D eigenvalue weighted by atomic mass is 9.86. The number of fused-ring (bicyclic) bond motifs is 2. The van der Waals surface area contributed by atoms with Gasteiger partial charge in [-0.3, -0.25) is 4.79 Å². The van der Waals surface area contributed by atoms with Gasteiger partial charge in [-0.15, -0.1) is 0 Å². The second-order valence-electron chi connectivity index (χ2n) is 8.98. The molecule has 3 heterocycles. The third-order valence-electron chi connectivity index (χ3n) is 6.97. The average molecular weight is 498 g/mol. The predicted octanol–water partition coefficient (Wildman–Crippen LogP) is 4.46. The van der Waals surface area contributed by atoms with Crippen LogP contribution in [0.5, 0.6) is 17.2 Å². The van der Waals surface area contributed by atoms with Crippen LogP contribution in [-0.4, -0.2) is 51.3 Å². The van der Waals surface area contributed by atoms with E-state index in [2.05, 4.69) is 11.5 Å². The maximum atomic E-state index is 14.0. The highest BCUT2D eigenvalue weighted by Crippen LogP contribution is 2.47. The molecule has 0 atom stereocenters. The molecule has 1 aromatic heterocycles. The van der Waals surface area contributed by atoms with Crippen LogP contribution in [-0.2, 0) is 11.3 Å². The van der Waals surface area contributed by atoms with Crippen LogP contribution in [0.3, 0.4) is 0 Å². The highest BCUT2D eigenvalue weighted by molar-refractivity contribution is 6.19. The molecule has 0 bridgehead atoms. The first-order chi connectivity index (χ1) is 18.1. The Morgan fingerprint density at radius 2 is 1.68 bits per heavy atom. The summed E-state index contributed by atoms with van der Waals surface area (Å²) in [7, 11) is 3.12. The molecule has 0 N–H and O–H groups in total. The second kappa shape index (κ2) is 9.29. The zero-order valence-corrected chi connectivity index (χ0v) is 20.8. The van der Waals surface area contributed by atoms with Crippen LogP contribution in [0.4, 0.5) is 11.5 Å². The minimum Gasteiger partial charge on any atom is -0.496 e. The van der Waals surface area contributed by atoms with E-state index in [1.807, 2.05) is 47.5 Å². The standard InChI is InChI=1S/C29H27N3O5/c1-18-25-22(34-2)9-10-23(35-3)26(25)28(33)29-27(18)32(17-19-6-4-5-7-21(19)37-29)20-8-11-24(30-16-20)31-12-14-36-15-13-31/h4-11,16H,1,12-15,17H2,2-3H3. The van der Waals surface area contributed by atoms with Crippen molar-refractivity contribution in [2.24, 2.45) is 0 Å². The Balaban J connectivity index is 1.50. The van der Waals surface area contributed by atoms with Crippen molar-refractivity contribution >= 4 is 22.9 Å². The van der Waals surface area contributed by atoms with Gasteiger partial charge in [0.25, 0.3) is 0 Å². The van der Waals surface area contributed by atoms with Crippen LogP contribution in [0.1, 0.15) is 21.5 Å². The maximum absolute atomic E-state index is 14.0. The number of nitrogens with zero attached hydrogens (tertiary/aromatic N) is 3. The van der Waals surface area contributed by atoms with Crippen molar-refractivity contribution in [1.82, 2.24) is 4.98 Å². The number of allylic oxidation sites excluding steroid dienone is 2. The van der Waals surface area contributed by atoms with Crippen LogP contribution < -0.4 is 24.0 Å². The van der Waals surface area contributed by atoms with Crippen LogP contribution in [0.2, 0.25) is 0 Å². The molecule has 2 aromatic carbocycles. The molecule has 0 spiro atoms. The average Bonchev–Trinajstić information content (AvgIpc) is 3.13. The number of pyridine rings is 1. The number of carbonyl (C=O) groups is 1. The minimum atomic E-state index is -0.284.